The molecule has 0 radical (unpaired) electrons. The Morgan fingerprint density at radius 2 is 1.88 bits per heavy atom. The van der Waals surface area contributed by atoms with Gasteiger partial charge in [0.05, 0.1) is 12.0 Å². The van der Waals surface area contributed by atoms with Gasteiger partial charge in [-0.3, -0.25) is 4.79 Å². The number of amides is 1. The second kappa shape index (κ2) is 5.91. The molecule has 17 heavy (non-hydrogen) atoms. The Hall–Kier alpha value is -1.23. The largest absolute Gasteiger partial charge is 0.416 e. The lowest BCUT2D eigenvalue weighted by atomic mass is 10.1. The molecule has 0 aliphatic rings. The minimum Gasteiger partial charge on any atom is -0.349 e. The van der Waals surface area contributed by atoms with Crippen LogP contribution in [-0.4, -0.2) is 24.9 Å². The summed E-state index contributed by atoms with van der Waals surface area (Å²) < 4.78 is 37.1. The Balaban J connectivity index is 0.00000256. The topological polar surface area (TPSA) is 20.3 Å². The second-order valence-electron chi connectivity index (χ2n) is 3.66. The highest BCUT2D eigenvalue weighted by Gasteiger charge is 2.30. The zero-order valence-corrected chi connectivity index (χ0v) is 10.2. The Morgan fingerprint density at radius 1 is 1.29 bits per heavy atom. The molecule has 0 bridgehead atoms. The minimum absolute atomic E-state index is 0. The van der Waals surface area contributed by atoms with Gasteiger partial charge in [-0.2, -0.15) is 13.2 Å². The first-order valence-corrected chi connectivity index (χ1v) is 4.67. The smallest absolute Gasteiger partial charge is 0.349 e. The first-order chi connectivity index (χ1) is 7.30. The molecule has 0 saturated carbocycles. The van der Waals surface area contributed by atoms with Gasteiger partial charge in [0.15, 0.2) is 0 Å². The lowest BCUT2D eigenvalue weighted by Gasteiger charge is -2.11. The van der Waals surface area contributed by atoms with Crippen LogP contribution in [0.4, 0.5) is 13.2 Å². The van der Waals surface area contributed by atoms with E-state index in [0.717, 1.165) is 12.1 Å². The molecule has 0 aliphatic heterocycles. The van der Waals surface area contributed by atoms with Gasteiger partial charge in [0.1, 0.15) is 0 Å². The third kappa shape index (κ3) is 4.65. The van der Waals surface area contributed by atoms with Crippen molar-refractivity contribution in [1.29, 1.82) is 0 Å². The first kappa shape index (κ1) is 15.8. The van der Waals surface area contributed by atoms with Crippen LogP contribution in [0.25, 0.3) is 0 Å². The van der Waals surface area contributed by atoms with E-state index >= 15 is 0 Å². The lowest BCUT2D eigenvalue weighted by Crippen LogP contribution is -2.23. The number of halogens is 4. The van der Waals surface area contributed by atoms with Crippen molar-refractivity contribution in [1.82, 2.24) is 4.90 Å². The van der Waals surface area contributed by atoms with E-state index in [0.29, 0.717) is 5.56 Å². The maximum atomic E-state index is 12.4. The average Bonchev–Trinajstić information content (AvgIpc) is 2.16. The summed E-state index contributed by atoms with van der Waals surface area (Å²) in [5.74, 6) is -0.223. The zero-order chi connectivity index (χ0) is 12.3. The van der Waals surface area contributed by atoms with Crippen molar-refractivity contribution in [2.75, 3.05) is 14.1 Å². The maximum Gasteiger partial charge on any atom is 0.416 e. The summed E-state index contributed by atoms with van der Waals surface area (Å²) in [7, 11) is 3.13. The fraction of sp³-hybridized carbons (Fsp3) is 0.364. The molecular formula is C11H13ClF3NO. The van der Waals surface area contributed by atoms with Crippen LogP contribution in [0.1, 0.15) is 11.1 Å². The number of hydrogen-bond donors (Lipinski definition) is 0. The Kier molecular flexibility index (Phi) is 5.48. The fourth-order valence-electron chi connectivity index (χ4n) is 1.19. The summed E-state index contributed by atoms with van der Waals surface area (Å²) in [5.41, 5.74) is -0.356. The number of carbonyl (C=O) groups is 1. The van der Waals surface area contributed by atoms with Crippen molar-refractivity contribution in [3.63, 3.8) is 0 Å². The van der Waals surface area contributed by atoms with Crippen molar-refractivity contribution in [2.24, 2.45) is 0 Å². The number of likely N-dealkylation sites (N-methyl/N-ethyl adjacent to an activating group) is 1. The molecule has 6 heteroatoms. The summed E-state index contributed by atoms with van der Waals surface area (Å²) in [5, 5.41) is 0. The van der Waals surface area contributed by atoms with Gasteiger partial charge in [-0.1, -0.05) is 18.2 Å². The van der Waals surface area contributed by atoms with Gasteiger partial charge in [-0.25, -0.2) is 0 Å². The molecule has 1 aromatic carbocycles. The van der Waals surface area contributed by atoms with E-state index in [1.54, 1.807) is 14.1 Å². The molecule has 0 fully saturated rings. The molecule has 0 spiro atoms. The summed E-state index contributed by atoms with van der Waals surface area (Å²) in [6, 6.07) is 4.81. The van der Waals surface area contributed by atoms with E-state index < -0.39 is 11.7 Å². The first-order valence-electron chi connectivity index (χ1n) is 4.67. The summed E-state index contributed by atoms with van der Waals surface area (Å²) in [6.07, 6.45) is -4.38. The minimum atomic E-state index is -4.36. The van der Waals surface area contributed by atoms with Gasteiger partial charge in [-0.05, 0) is 11.6 Å². The molecular weight excluding hydrogens is 255 g/mol. The molecule has 0 unspecified atom stereocenters. The number of carbonyl (C=O) groups excluding carboxylic acids is 1. The number of alkyl halides is 3. The van der Waals surface area contributed by atoms with Crippen LogP contribution in [0.5, 0.6) is 0 Å². The van der Waals surface area contributed by atoms with Crippen LogP contribution in [0.2, 0.25) is 0 Å². The molecule has 0 saturated heterocycles. The summed E-state index contributed by atoms with van der Waals surface area (Å²) in [4.78, 5) is 12.7. The molecule has 1 amide bonds. The van der Waals surface area contributed by atoms with Gasteiger partial charge in [0.2, 0.25) is 5.91 Å². The molecule has 2 nitrogen and oxygen atoms in total. The molecule has 1 rings (SSSR count). The standard InChI is InChI=1S/C11H12F3NO.ClH/c1-15(2)10(16)7-8-4-3-5-9(6-8)11(12,13)14;/h3-6H,7H2,1-2H3;1H. The van der Waals surface area contributed by atoms with E-state index in [1.165, 1.54) is 17.0 Å². The molecule has 0 aromatic heterocycles. The van der Waals surface area contributed by atoms with Gasteiger partial charge >= 0.3 is 6.18 Å². The molecule has 1 aromatic rings. The SMILES string of the molecule is CN(C)C(=O)Cc1cccc(C(F)(F)F)c1.Cl. The van der Waals surface area contributed by atoms with Gasteiger partial charge in [0.25, 0.3) is 0 Å². The average molecular weight is 268 g/mol. The quantitative estimate of drug-likeness (QED) is 0.807. The normalized spacial score (nSPS) is 10.6. The third-order valence-corrected chi connectivity index (χ3v) is 2.11. The number of hydrogen-bond acceptors (Lipinski definition) is 1. The van der Waals surface area contributed by atoms with Crippen LogP contribution in [0.15, 0.2) is 24.3 Å². The fourth-order valence-corrected chi connectivity index (χ4v) is 1.19. The van der Waals surface area contributed by atoms with Crippen molar-refractivity contribution in [3.8, 4) is 0 Å². The Morgan fingerprint density at radius 3 is 2.35 bits per heavy atom. The van der Waals surface area contributed by atoms with Crippen LogP contribution in [-0.2, 0) is 17.4 Å². The van der Waals surface area contributed by atoms with Crippen LogP contribution in [0.3, 0.4) is 0 Å². The second-order valence-corrected chi connectivity index (χ2v) is 3.66. The van der Waals surface area contributed by atoms with Crippen molar-refractivity contribution >= 4 is 18.3 Å². The Labute approximate surface area is 104 Å². The molecule has 96 valence electrons. The maximum absolute atomic E-state index is 12.4. The van der Waals surface area contributed by atoms with Crippen LogP contribution >= 0.6 is 12.4 Å². The predicted molar refractivity (Wildman–Crippen MR) is 61.1 cm³/mol. The van der Waals surface area contributed by atoms with Crippen molar-refractivity contribution < 1.29 is 18.0 Å². The summed E-state index contributed by atoms with van der Waals surface area (Å²) in [6.45, 7) is 0. The van der Waals surface area contributed by atoms with Crippen LogP contribution in [0, 0.1) is 0 Å². The number of nitrogens with zero attached hydrogens (tertiary/aromatic N) is 1. The monoisotopic (exact) mass is 267 g/mol. The van der Waals surface area contributed by atoms with E-state index in [1.807, 2.05) is 0 Å². The van der Waals surface area contributed by atoms with Crippen LogP contribution < -0.4 is 0 Å². The van der Waals surface area contributed by atoms with Gasteiger partial charge in [0, 0.05) is 14.1 Å². The molecule has 0 heterocycles. The molecule has 0 aliphatic carbocycles. The Bertz CT molecular complexity index is 391. The van der Waals surface area contributed by atoms with E-state index in [2.05, 4.69) is 0 Å². The predicted octanol–water partition coefficient (Wildman–Crippen LogP) is 2.76. The van der Waals surface area contributed by atoms with Gasteiger partial charge < -0.3 is 4.90 Å². The van der Waals surface area contributed by atoms with E-state index in [-0.39, 0.29) is 24.7 Å². The molecule has 0 N–H and O–H groups in total. The van der Waals surface area contributed by atoms with E-state index in [4.69, 9.17) is 0 Å². The number of benzene rings is 1. The molecule has 0 atom stereocenters. The highest BCUT2D eigenvalue weighted by Crippen LogP contribution is 2.29. The highest BCUT2D eigenvalue weighted by atomic mass is 35.5. The lowest BCUT2D eigenvalue weighted by molar-refractivity contribution is -0.137. The van der Waals surface area contributed by atoms with E-state index in [9.17, 15) is 18.0 Å². The van der Waals surface area contributed by atoms with Gasteiger partial charge in [-0.15, -0.1) is 12.4 Å². The van der Waals surface area contributed by atoms with Crippen molar-refractivity contribution in [2.45, 2.75) is 12.6 Å². The third-order valence-electron chi connectivity index (χ3n) is 2.11. The summed E-state index contributed by atoms with van der Waals surface area (Å²) >= 11 is 0. The highest BCUT2D eigenvalue weighted by molar-refractivity contribution is 5.85. The number of rotatable bonds is 2. The van der Waals surface area contributed by atoms with Crippen molar-refractivity contribution in [3.05, 3.63) is 35.4 Å². The zero-order valence-electron chi connectivity index (χ0n) is 9.41.